The van der Waals surface area contributed by atoms with Crippen molar-refractivity contribution in [1.29, 1.82) is 0 Å². The second kappa shape index (κ2) is 8.56. The molecular weight excluding hydrogens is 360 g/mol. The van der Waals surface area contributed by atoms with E-state index in [1.807, 2.05) is 13.0 Å². The van der Waals surface area contributed by atoms with Crippen molar-refractivity contribution in [3.63, 3.8) is 0 Å². The molecule has 2 aromatic carbocycles. The topological polar surface area (TPSA) is 95.9 Å². The van der Waals surface area contributed by atoms with Gasteiger partial charge in [-0.15, -0.1) is 0 Å². The number of nitrogens with zero attached hydrogens (tertiary/aromatic N) is 1. The van der Waals surface area contributed by atoms with Crippen molar-refractivity contribution in [2.75, 3.05) is 18.1 Å². The summed E-state index contributed by atoms with van der Waals surface area (Å²) in [5.74, 6) is -1.86. The predicted octanol–water partition coefficient (Wildman–Crippen LogP) is 2.38. The number of anilines is 1. The summed E-state index contributed by atoms with van der Waals surface area (Å²) in [5, 5.41) is 12.0. The van der Waals surface area contributed by atoms with E-state index in [1.54, 1.807) is 48.5 Å². The number of amides is 2. The third kappa shape index (κ3) is 4.14. The summed E-state index contributed by atoms with van der Waals surface area (Å²) < 4.78 is 5.58. The molecule has 0 aliphatic carbocycles. The highest BCUT2D eigenvalue weighted by Gasteiger charge is 2.37. The lowest BCUT2D eigenvalue weighted by Gasteiger charge is -2.21. The zero-order valence-corrected chi connectivity index (χ0v) is 15.5. The predicted molar refractivity (Wildman–Crippen MR) is 103 cm³/mol. The van der Waals surface area contributed by atoms with Crippen LogP contribution in [-0.4, -0.2) is 36.0 Å². The second-order valence-electron chi connectivity index (χ2n) is 6.50. The van der Waals surface area contributed by atoms with E-state index in [0.717, 1.165) is 0 Å². The SMILES string of the molecule is CCOc1ccccc1N1CC(C(=O)N[C@H](C(=O)O)c2ccccc2)CC1=O. The Labute approximate surface area is 162 Å². The molecule has 1 aliphatic rings. The number of carboxylic acids is 1. The molecule has 2 amide bonds. The maximum absolute atomic E-state index is 12.7. The Morgan fingerprint density at radius 1 is 1.18 bits per heavy atom. The van der Waals surface area contributed by atoms with E-state index in [-0.39, 0.29) is 18.9 Å². The van der Waals surface area contributed by atoms with Crippen LogP contribution < -0.4 is 15.0 Å². The van der Waals surface area contributed by atoms with Gasteiger partial charge in [-0.1, -0.05) is 42.5 Å². The van der Waals surface area contributed by atoms with Crippen LogP contribution in [0.25, 0.3) is 0 Å². The Morgan fingerprint density at radius 2 is 1.86 bits per heavy atom. The van der Waals surface area contributed by atoms with E-state index in [2.05, 4.69) is 5.32 Å². The van der Waals surface area contributed by atoms with Crippen molar-refractivity contribution in [1.82, 2.24) is 5.32 Å². The summed E-state index contributed by atoms with van der Waals surface area (Å²) in [6.07, 6.45) is 0.0213. The molecule has 7 heteroatoms. The van der Waals surface area contributed by atoms with Gasteiger partial charge in [0.15, 0.2) is 6.04 Å². The van der Waals surface area contributed by atoms with Crippen molar-refractivity contribution >= 4 is 23.5 Å². The molecule has 2 N–H and O–H groups in total. The van der Waals surface area contributed by atoms with Crippen LogP contribution in [0.5, 0.6) is 5.75 Å². The third-order valence-electron chi connectivity index (χ3n) is 4.62. The summed E-state index contributed by atoms with van der Waals surface area (Å²) in [4.78, 5) is 38.3. The summed E-state index contributed by atoms with van der Waals surface area (Å²) in [5.41, 5.74) is 1.09. The molecule has 1 fully saturated rings. The standard InChI is InChI=1S/C21H22N2O5/c1-2-28-17-11-7-6-10-16(17)23-13-15(12-18(23)24)20(25)22-19(21(26)27)14-8-4-3-5-9-14/h3-11,15,19H,2,12-13H2,1H3,(H,22,25)(H,26,27)/t15?,19-/m0/s1. The number of nitrogens with one attached hydrogen (secondary N) is 1. The summed E-state index contributed by atoms with van der Waals surface area (Å²) in [7, 11) is 0. The fourth-order valence-corrected chi connectivity index (χ4v) is 3.27. The van der Waals surface area contributed by atoms with Crippen LogP contribution in [0.4, 0.5) is 5.69 Å². The van der Waals surface area contributed by atoms with Gasteiger partial charge in [0, 0.05) is 13.0 Å². The first-order valence-electron chi connectivity index (χ1n) is 9.11. The quantitative estimate of drug-likeness (QED) is 0.767. The third-order valence-corrected chi connectivity index (χ3v) is 4.62. The van der Waals surface area contributed by atoms with E-state index in [1.165, 1.54) is 4.90 Å². The van der Waals surface area contributed by atoms with Crippen LogP contribution in [0.1, 0.15) is 24.9 Å². The maximum atomic E-state index is 12.7. The van der Waals surface area contributed by atoms with E-state index < -0.39 is 23.8 Å². The molecule has 3 rings (SSSR count). The van der Waals surface area contributed by atoms with Gasteiger partial charge in [-0.2, -0.15) is 0 Å². The molecule has 2 atom stereocenters. The van der Waals surface area contributed by atoms with Gasteiger partial charge in [-0.3, -0.25) is 9.59 Å². The minimum Gasteiger partial charge on any atom is -0.492 e. The zero-order valence-electron chi connectivity index (χ0n) is 15.5. The Balaban J connectivity index is 1.74. The van der Waals surface area contributed by atoms with Crippen LogP contribution >= 0.6 is 0 Å². The number of carboxylic acid groups (broad SMARTS) is 1. The molecule has 2 aromatic rings. The second-order valence-corrected chi connectivity index (χ2v) is 6.50. The van der Waals surface area contributed by atoms with Gasteiger partial charge in [-0.05, 0) is 24.6 Å². The average molecular weight is 382 g/mol. The van der Waals surface area contributed by atoms with Crippen molar-refractivity contribution in [2.24, 2.45) is 5.92 Å². The van der Waals surface area contributed by atoms with Crippen molar-refractivity contribution in [3.05, 3.63) is 60.2 Å². The van der Waals surface area contributed by atoms with Crippen LogP contribution in [0, 0.1) is 5.92 Å². The first-order valence-corrected chi connectivity index (χ1v) is 9.11. The van der Waals surface area contributed by atoms with E-state index >= 15 is 0 Å². The van der Waals surface area contributed by atoms with Crippen LogP contribution in [0.3, 0.4) is 0 Å². The number of rotatable bonds is 7. The highest BCUT2D eigenvalue weighted by atomic mass is 16.5. The number of benzene rings is 2. The summed E-state index contributed by atoms with van der Waals surface area (Å²) in [6, 6.07) is 14.5. The molecule has 1 aliphatic heterocycles. The van der Waals surface area contributed by atoms with Gasteiger partial charge in [-0.25, -0.2) is 4.79 Å². The summed E-state index contributed by atoms with van der Waals surface area (Å²) >= 11 is 0. The fraction of sp³-hybridized carbons (Fsp3) is 0.286. The highest BCUT2D eigenvalue weighted by molar-refractivity contribution is 6.01. The van der Waals surface area contributed by atoms with Gasteiger partial charge < -0.3 is 20.1 Å². The highest BCUT2D eigenvalue weighted by Crippen LogP contribution is 2.33. The Bertz CT molecular complexity index is 868. The van der Waals surface area contributed by atoms with Gasteiger partial charge in [0.25, 0.3) is 0 Å². The molecule has 28 heavy (non-hydrogen) atoms. The molecule has 1 heterocycles. The lowest BCUT2D eigenvalue weighted by atomic mass is 10.0. The lowest BCUT2D eigenvalue weighted by Crippen LogP contribution is -2.38. The van der Waals surface area contributed by atoms with E-state index in [4.69, 9.17) is 4.74 Å². The number of aliphatic carboxylic acids is 1. The number of ether oxygens (including phenoxy) is 1. The van der Waals surface area contributed by atoms with Gasteiger partial charge in [0.05, 0.1) is 18.2 Å². The minimum atomic E-state index is -1.16. The minimum absolute atomic E-state index is 0.0213. The molecule has 1 unspecified atom stereocenters. The maximum Gasteiger partial charge on any atom is 0.330 e. The molecule has 0 radical (unpaired) electrons. The number of carbonyl (C=O) groups excluding carboxylic acids is 2. The van der Waals surface area contributed by atoms with Gasteiger partial charge in [0.1, 0.15) is 5.75 Å². The van der Waals surface area contributed by atoms with Gasteiger partial charge >= 0.3 is 5.97 Å². The zero-order chi connectivity index (χ0) is 20.1. The average Bonchev–Trinajstić information content (AvgIpc) is 3.09. The Hall–Kier alpha value is -3.35. The first kappa shape index (κ1) is 19.4. The molecule has 1 saturated heterocycles. The van der Waals surface area contributed by atoms with Crippen LogP contribution in [0.2, 0.25) is 0 Å². The Morgan fingerprint density at radius 3 is 2.54 bits per heavy atom. The lowest BCUT2D eigenvalue weighted by molar-refractivity contribution is -0.142. The molecule has 0 saturated carbocycles. The molecule has 7 nitrogen and oxygen atoms in total. The largest absolute Gasteiger partial charge is 0.492 e. The van der Waals surface area contributed by atoms with Crippen molar-refractivity contribution in [3.8, 4) is 5.75 Å². The first-order chi connectivity index (χ1) is 13.5. The molecule has 146 valence electrons. The van der Waals surface area contributed by atoms with E-state index in [0.29, 0.717) is 23.6 Å². The van der Waals surface area contributed by atoms with E-state index in [9.17, 15) is 19.5 Å². The number of hydrogen-bond donors (Lipinski definition) is 2. The number of carbonyl (C=O) groups is 3. The molecule has 0 spiro atoms. The van der Waals surface area contributed by atoms with Crippen molar-refractivity contribution in [2.45, 2.75) is 19.4 Å². The van der Waals surface area contributed by atoms with Crippen LogP contribution in [-0.2, 0) is 14.4 Å². The fourth-order valence-electron chi connectivity index (χ4n) is 3.27. The van der Waals surface area contributed by atoms with Gasteiger partial charge in [0.2, 0.25) is 11.8 Å². The molecule has 0 bridgehead atoms. The number of hydrogen-bond acceptors (Lipinski definition) is 4. The van der Waals surface area contributed by atoms with Crippen molar-refractivity contribution < 1.29 is 24.2 Å². The Kier molecular flexibility index (Phi) is 5.93. The molecule has 0 aromatic heterocycles. The normalized spacial score (nSPS) is 17.2. The van der Waals surface area contributed by atoms with Crippen LogP contribution in [0.15, 0.2) is 54.6 Å². The molecular formula is C21H22N2O5. The number of para-hydroxylation sites is 2. The monoisotopic (exact) mass is 382 g/mol. The summed E-state index contributed by atoms with van der Waals surface area (Å²) in [6.45, 7) is 2.49. The smallest absolute Gasteiger partial charge is 0.330 e.